The summed E-state index contributed by atoms with van der Waals surface area (Å²) in [7, 11) is 0. The van der Waals surface area contributed by atoms with Gasteiger partial charge in [0.1, 0.15) is 0 Å². The molecule has 0 aliphatic heterocycles. The second-order valence-corrected chi connectivity index (χ2v) is 3.56. The summed E-state index contributed by atoms with van der Waals surface area (Å²) in [6, 6.07) is 0. The lowest BCUT2D eigenvalue weighted by molar-refractivity contribution is -0.114. The van der Waals surface area contributed by atoms with Crippen molar-refractivity contribution in [3.63, 3.8) is 0 Å². The molecular formula is C6H11ClOS. The van der Waals surface area contributed by atoms with Crippen molar-refractivity contribution in [2.75, 3.05) is 11.5 Å². The summed E-state index contributed by atoms with van der Waals surface area (Å²) in [4.78, 5) is 10.4. The molecule has 0 amide bonds. The topological polar surface area (TPSA) is 17.1 Å². The summed E-state index contributed by atoms with van der Waals surface area (Å²) >= 11 is 6.95. The summed E-state index contributed by atoms with van der Waals surface area (Å²) in [6.07, 6.45) is 0. The van der Waals surface area contributed by atoms with Crippen LogP contribution in [-0.2, 0) is 4.79 Å². The molecule has 54 valence electrons. The van der Waals surface area contributed by atoms with E-state index in [-0.39, 0.29) is 11.2 Å². The minimum atomic E-state index is -0.226. The van der Waals surface area contributed by atoms with Crippen LogP contribution in [0.1, 0.15) is 13.8 Å². The van der Waals surface area contributed by atoms with Crippen molar-refractivity contribution in [3.05, 3.63) is 0 Å². The lowest BCUT2D eigenvalue weighted by Crippen LogP contribution is -2.06. The Morgan fingerprint density at radius 3 is 2.67 bits per heavy atom. The van der Waals surface area contributed by atoms with E-state index >= 15 is 0 Å². The molecule has 0 heterocycles. The monoisotopic (exact) mass is 166 g/mol. The fraction of sp³-hybridized carbons (Fsp3) is 0.833. The molecule has 0 N–H and O–H groups in total. The van der Waals surface area contributed by atoms with E-state index in [0.29, 0.717) is 0 Å². The summed E-state index contributed by atoms with van der Waals surface area (Å²) < 4.78 is 0. The first-order valence-electron chi connectivity index (χ1n) is 2.95. The Labute approximate surface area is 65.2 Å². The first-order valence-corrected chi connectivity index (χ1v) is 4.48. The molecule has 0 aromatic heterocycles. The zero-order valence-electron chi connectivity index (χ0n) is 5.69. The molecule has 0 fully saturated rings. The van der Waals surface area contributed by atoms with Gasteiger partial charge in [-0.15, -0.1) is 0 Å². The van der Waals surface area contributed by atoms with Crippen LogP contribution in [-0.4, -0.2) is 16.7 Å². The average Bonchev–Trinajstić information content (AvgIpc) is 1.82. The summed E-state index contributed by atoms with van der Waals surface area (Å²) in [6.45, 7) is 3.91. The van der Waals surface area contributed by atoms with Gasteiger partial charge in [0.25, 0.3) is 0 Å². The van der Waals surface area contributed by atoms with Crippen LogP contribution in [0.25, 0.3) is 0 Å². The highest BCUT2D eigenvalue weighted by atomic mass is 35.5. The zero-order chi connectivity index (χ0) is 7.28. The van der Waals surface area contributed by atoms with Crippen molar-refractivity contribution in [1.29, 1.82) is 0 Å². The maximum absolute atomic E-state index is 10.4. The number of hydrogen-bond donors (Lipinski definition) is 0. The third-order valence-electron chi connectivity index (χ3n) is 0.959. The van der Waals surface area contributed by atoms with Gasteiger partial charge in [-0.25, -0.2) is 0 Å². The fourth-order valence-corrected chi connectivity index (χ4v) is 1.27. The third-order valence-corrected chi connectivity index (χ3v) is 2.48. The van der Waals surface area contributed by atoms with Gasteiger partial charge in [0.2, 0.25) is 5.24 Å². The van der Waals surface area contributed by atoms with Crippen LogP contribution >= 0.6 is 23.4 Å². The molecule has 0 rings (SSSR count). The van der Waals surface area contributed by atoms with E-state index in [1.807, 2.05) is 6.92 Å². The summed E-state index contributed by atoms with van der Waals surface area (Å²) in [5.74, 6) is 1.91. The van der Waals surface area contributed by atoms with Gasteiger partial charge in [-0.05, 0) is 17.4 Å². The van der Waals surface area contributed by atoms with Crippen LogP contribution < -0.4 is 0 Å². The molecule has 0 aliphatic rings. The van der Waals surface area contributed by atoms with Crippen LogP contribution in [0.5, 0.6) is 0 Å². The van der Waals surface area contributed by atoms with Gasteiger partial charge < -0.3 is 0 Å². The molecule has 0 aliphatic carbocycles. The Kier molecular flexibility index (Phi) is 5.30. The standard InChI is InChI=1S/C6H11ClOS/c1-3-9-4-5(2)6(7)8/h5H,3-4H2,1-2H3. The minimum absolute atomic E-state index is 0.0108. The van der Waals surface area contributed by atoms with Crippen molar-refractivity contribution < 1.29 is 4.79 Å². The Balaban J connectivity index is 3.27. The van der Waals surface area contributed by atoms with Gasteiger partial charge in [-0.1, -0.05) is 13.8 Å². The van der Waals surface area contributed by atoms with Gasteiger partial charge in [-0.2, -0.15) is 11.8 Å². The van der Waals surface area contributed by atoms with Crippen LogP contribution in [0.3, 0.4) is 0 Å². The fourth-order valence-electron chi connectivity index (χ4n) is 0.360. The molecule has 1 atom stereocenters. The number of hydrogen-bond acceptors (Lipinski definition) is 2. The Bertz CT molecular complexity index is 95.1. The molecule has 0 spiro atoms. The third kappa shape index (κ3) is 4.79. The van der Waals surface area contributed by atoms with Gasteiger partial charge in [-0.3, -0.25) is 4.79 Å². The van der Waals surface area contributed by atoms with Crippen molar-refractivity contribution in [1.82, 2.24) is 0 Å². The number of rotatable bonds is 4. The Morgan fingerprint density at radius 2 is 2.33 bits per heavy atom. The molecule has 0 bridgehead atoms. The molecule has 9 heavy (non-hydrogen) atoms. The SMILES string of the molecule is CCSCC(C)C(=O)Cl. The van der Waals surface area contributed by atoms with E-state index in [1.54, 1.807) is 11.8 Å². The highest BCUT2D eigenvalue weighted by Gasteiger charge is 2.07. The molecule has 1 unspecified atom stereocenters. The van der Waals surface area contributed by atoms with E-state index in [4.69, 9.17) is 11.6 Å². The predicted octanol–water partition coefficient (Wildman–Crippen LogP) is 2.14. The van der Waals surface area contributed by atoms with E-state index in [0.717, 1.165) is 11.5 Å². The van der Waals surface area contributed by atoms with Gasteiger partial charge in [0.15, 0.2) is 0 Å². The molecule has 0 aromatic carbocycles. The van der Waals surface area contributed by atoms with Gasteiger partial charge >= 0.3 is 0 Å². The van der Waals surface area contributed by atoms with Crippen molar-refractivity contribution in [3.8, 4) is 0 Å². The lowest BCUT2D eigenvalue weighted by atomic mass is 10.2. The second-order valence-electron chi connectivity index (χ2n) is 1.86. The lowest BCUT2D eigenvalue weighted by Gasteiger charge is -2.01. The molecule has 1 nitrogen and oxygen atoms in total. The maximum atomic E-state index is 10.4. The number of thioether (sulfide) groups is 1. The first kappa shape index (κ1) is 9.31. The van der Waals surface area contributed by atoms with Crippen molar-refractivity contribution in [2.45, 2.75) is 13.8 Å². The smallest absolute Gasteiger partial charge is 0.225 e. The second kappa shape index (κ2) is 5.12. The zero-order valence-corrected chi connectivity index (χ0v) is 7.26. The van der Waals surface area contributed by atoms with Crippen LogP contribution in [0.4, 0.5) is 0 Å². The van der Waals surface area contributed by atoms with Crippen LogP contribution in [0.2, 0.25) is 0 Å². The van der Waals surface area contributed by atoms with E-state index in [1.165, 1.54) is 0 Å². The molecule has 0 radical (unpaired) electrons. The van der Waals surface area contributed by atoms with Crippen LogP contribution in [0, 0.1) is 5.92 Å². The van der Waals surface area contributed by atoms with Gasteiger partial charge in [0, 0.05) is 11.7 Å². The molecule has 0 saturated carbocycles. The predicted molar refractivity (Wildman–Crippen MR) is 43.0 cm³/mol. The van der Waals surface area contributed by atoms with Crippen molar-refractivity contribution in [2.24, 2.45) is 5.92 Å². The maximum Gasteiger partial charge on any atom is 0.225 e. The van der Waals surface area contributed by atoms with E-state index in [2.05, 4.69) is 6.92 Å². The van der Waals surface area contributed by atoms with E-state index < -0.39 is 0 Å². The van der Waals surface area contributed by atoms with Gasteiger partial charge in [0.05, 0.1) is 0 Å². The quantitative estimate of drug-likeness (QED) is 0.596. The first-order chi connectivity index (χ1) is 4.18. The Hall–Kier alpha value is 0.310. The summed E-state index contributed by atoms with van der Waals surface area (Å²) in [5.41, 5.74) is 0. The highest BCUT2D eigenvalue weighted by Crippen LogP contribution is 2.09. The highest BCUT2D eigenvalue weighted by molar-refractivity contribution is 7.99. The molecule has 3 heteroatoms. The molecular weight excluding hydrogens is 156 g/mol. The van der Waals surface area contributed by atoms with E-state index in [9.17, 15) is 4.79 Å². The molecule has 0 saturated heterocycles. The van der Waals surface area contributed by atoms with Crippen molar-refractivity contribution >= 4 is 28.6 Å². The minimum Gasteiger partial charge on any atom is -0.281 e. The number of carbonyl (C=O) groups excluding carboxylic acids is 1. The number of carbonyl (C=O) groups is 1. The summed E-state index contributed by atoms with van der Waals surface area (Å²) in [5, 5.41) is -0.226. The normalized spacial score (nSPS) is 13.2. The molecule has 0 aromatic rings. The largest absolute Gasteiger partial charge is 0.281 e. The van der Waals surface area contributed by atoms with Crippen LogP contribution in [0.15, 0.2) is 0 Å². The number of halogens is 1. The Morgan fingerprint density at radius 1 is 1.78 bits per heavy atom. The average molecular weight is 167 g/mol.